The van der Waals surface area contributed by atoms with Gasteiger partial charge in [0, 0.05) is 42.1 Å². The van der Waals surface area contributed by atoms with Gasteiger partial charge in [0.2, 0.25) is 5.95 Å². The molecule has 1 unspecified atom stereocenters. The van der Waals surface area contributed by atoms with Crippen molar-refractivity contribution in [3.8, 4) is 11.5 Å². The van der Waals surface area contributed by atoms with Crippen LogP contribution in [0.25, 0.3) is 10.8 Å². The van der Waals surface area contributed by atoms with Gasteiger partial charge in [-0.3, -0.25) is 9.78 Å². The monoisotopic (exact) mass is 551 g/mol. The van der Waals surface area contributed by atoms with E-state index in [2.05, 4.69) is 35.6 Å². The van der Waals surface area contributed by atoms with Crippen molar-refractivity contribution in [3.05, 3.63) is 97.0 Å². The average Bonchev–Trinajstić information content (AvgIpc) is 2.98. The summed E-state index contributed by atoms with van der Waals surface area (Å²) >= 11 is 0. The van der Waals surface area contributed by atoms with Crippen LogP contribution in [0.4, 0.5) is 23.1 Å². The molecular weight excluding hydrogens is 526 g/mol. The van der Waals surface area contributed by atoms with E-state index in [0.717, 1.165) is 16.5 Å². The second-order valence-electron chi connectivity index (χ2n) is 8.97. The molecule has 1 amide bonds. The van der Waals surface area contributed by atoms with Crippen molar-refractivity contribution in [2.75, 3.05) is 29.0 Å². The van der Waals surface area contributed by atoms with Crippen molar-refractivity contribution in [2.24, 2.45) is 0 Å². The van der Waals surface area contributed by atoms with Gasteiger partial charge in [0.1, 0.15) is 22.4 Å². The first kappa shape index (κ1) is 25.4. The number of carbonyl (C=O) groups excluding carboxylic acids is 1. The maximum Gasteiger partial charge on any atom is 0.274 e. The topological polar surface area (TPSA) is 130 Å². The van der Waals surface area contributed by atoms with Gasteiger partial charge < -0.3 is 20.7 Å². The molecule has 0 fully saturated rings. The third-order valence-electron chi connectivity index (χ3n) is 6.15. The number of nitrogens with one attached hydrogen (secondary N) is 4. The normalized spacial score (nSPS) is 14.9. The van der Waals surface area contributed by atoms with Crippen molar-refractivity contribution < 1.29 is 13.7 Å². The molecular formula is C29H25N7O3S. The summed E-state index contributed by atoms with van der Waals surface area (Å²) in [5.41, 5.74) is 1.62. The third kappa shape index (κ3) is 5.75. The summed E-state index contributed by atoms with van der Waals surface area (Å²) in [6, 6.07) is 23.9. The molecule has 0 radical (unpaired) electrons. The molecule has 200 valence electrons. The van der Waals surface area contributed by atoms with Crippen molar-refractivity contribution in [1.82, 2.24) is 19.7 Å². The van der Waals surface area contributed by atoms with E-state index in [9.17, 15) is 9.00 Å². The molecule has 3 aromatic carbocycles. The van der Waals surface area contributed by atoms with E-state index >= 15 is 0 Å². The number of rotatable bonds is 4. The first-order valence-corrected chi connectivity index (χ1v) is 13.8. The molecule has 0 spiro atoms. The van der Waals surface area contributed by atoms with Gasteiger partial charge in [-0.05, 0) is 48.2 Å². The molecule has 1 aliphatic rings. The SMILES string of the molecule is O=C(Nc1cccc(Oc2cnc3nc2NCCCNS(=O)c2cccc(c2)N3)c1)c1nccc2ccccc12. The summed E-state index contributed by atoms with van der Waals surface area (Å²) in [4.78, 5) is 27.0. The molecule has 40 heavy (non-hydrogen) atoms. The standard InChI is InChI=1S/C29H25N7O3S/c37-28(26-24-11-2-1-6-19(24)12-15-30-26)34-20-7-3-9-22(16-20)39-25-18-32-29-35-21-8-4-10-23(17-21)40(38)33-14-5-13-31-27(25)36-29/h1-4,6-12,15-18,33H,5,13-14H2,(H,34,37)(H2,31,32,35,36). The lowest BCUT2D eigenvalue weighted by Gasteiger charge is -2.14. The Labute approximate surface area is 232 Å². The minimum Gasteiger partial charge on any atom is -0.452 e. The highest BCUT2D eigenvalue weighted by molar-refractivity contribution is 7.83. The van der Waals surface area contributed by atoms with Gasteiger partial charge in [0.05, 0.1) is 11.1 Å². The minimum absolute atomic E-state index is 0.314. The fourth-order valence-electron chi connectivity index (χ4n) is 4.25. The molecule has 6 rings (SSSR count). The van der Waals surface area contributed by atoms with E-state index in [1.807, 2.05) is 48.5 Å². The molecule has 1 aliphatic heterocycles. The molecule has 5 aromatic rings. The highest BCUT2D eigenvalue weighted by atomic mass is 32.2. The largest absolute Gasteiger partial charge is 0.452 e. The van der Waals surface area contributed by atoms with Crippen LogP contribution in [0.2, 0.25) is 0 Å². The fourth-order valence-corrected chi connectivity index (χ4v) is 5.18. The molecule has 4 N–H and O–H groups in total. The summed E-state index contributed by atoms with van der Waals surface area (Å²) in [5.74, 6) is 1.48. The lowest BCUT2D eigenvalue weighted by atomic mass is 10.1. The number of amides is 1. The second kappa shape index (κ2) is 11.5. The van der Waals surface area contributed by atoms with Gasteiger partial charge in [0.15, 0.2) is 11.6 Å². The minimum atomic E-state index is -1.31. The molecule has 4 bridgehead atoms. The molecule has 0 aliphatic carbocycles. The van der Waals surface area contributed by atoms with Crippen LogP contribution in [0.1, 0.15) is 16.9 Å². The van der Waals surface area contributed by atoms with Crippen LogP contribution in [0.3, 0.4) is 0 Å². The molecule has 0 saturated carbocycles. The van der Waals surface area contributed by atoms with Gasteiger partial charge in [-0.15, -0.1) is 0 Å². The zero-order valence-corrected chi connectivity index (χ0v) is 22.1. The predicted octanol–water partition coefficient (Wildman–Crippen LogP) is 5.24. The van der Waals surface area contributed by atoms with Crippen LogP contribution in [0.15, 0.2) is 96.2 Å². The van der Waals surface area contributed by atoms with Crippen molar-refractivity contribution in [3.63, 3.8) is 0 Å². The summed E-state index contributed by atoms with van der Waals surface area (Å²) < 4.78 is 21.7. The van der Waals surface area contributed by atoms with E-state index in [0.29, 0.717) is 59.1 Å². The van der Waals surface area contributed by atoms with Gasteiger partial charge in [-0.1, -0.05) is 36.4 Å². The number of hydrogen-bond acceptors (Lipinski definition) is 8. The van der Waals surface area contributed by atoms with Crippen LogP contribution in [0.5, 0.6) is 11.5 Å². The molecule has 1 atom stereocenters. The highest BCUT2D eigenvalue weighted by Crippen LogP contribution is 2.31. The Morgan fingerprint density at radius 3 is 2.80 bits per heavy atom. The molecule has 10 nitrogen and oxygen atoms in total. The van der Waals surface area contributed by atoms with Crippen molar-refractivity contribution in [1.29, 1.82) is 0 Å². The zero-order valence-electron chi connectivity index (χ0n) is 21.3. The number of carbonyl (C=O) groups is 1. The first-order chi connectivity index (χ1) is 19.6. The lowest BCUT2D eigenvalue weighted by Crippen LogP contribution is -2.20. The van der Waals surface area contributed by atoms with Gasteiger partial charge in [0.25, 0.3) is 5.91 Å². The zero-order chi connectivity index (χ0) is 27.3. The van der Waals surface area contributed by atoms with Crippen molar-refractivity contribution in [2.45, 2.75) is 11.3 Å². The Hall–Kier alpha value is -4.87. The Morgan fingerprint density at radius 2 is 1.85 bits per heavy atom. The molecule has 2 aromatic heterocycles. The number of benzene rings is 3. The number of aromatic nitrogens is 3. The summed E-state index contributed by atoms with van der Waals surface area (Å²) in [7, 11) is -1.31. The lowest BCUT2D eigenvalue weighted by molar-refractivity contribution is 0.102. The van der Waals surface area contributed by atoms with Crippen LogP contribution < -0.4 is 25.4 Å². The molecule has 0 saturated heterocycles. The van der Waals surface area contributed by atoms with Crippen LogP contribution in [-0.4, -0.2) is 38.2 Å². The van der Waals surface area contributed by atoms with E-state index < -0.39 is 11.0 Å². The van der Waals surface area contributed by atoms with E-state index in [1.54, 1.807) is 42.7 Å². The van der Waals surface area contributed by atoms with E-state index in [-0.39, 0.29) is 5.91 Å². The second-order valence-corrected chi connectivity index (χ2v) is 10.3. The average molecular weight is 552 g/mol. The smallest absolute Gasteiger partial charge is 0.274 e. The molecule has 3 heterocycles. The predicted molar refractivity (Wildman–Crippen MR) is 155 cm³/mol. The van der Waals surface area contributed by atoms with Gasteiger partial charge >= 0.3 is 0 Å². The quantitative estimate of drug-likeness (QED) is 0.239. The van der Waals surface area contributed by atoms with Gasteiger partial charge in [-0.2, -0.15) is 4.98 Å². The van der Waals surface area contributed by atoms with Crippen molar-refractivity contribution >= 4 is 50.8 Å². The third-order valence-corrected chi connectivity index (χ3v) is 7.30. The van der Waals surface area contributed by atoms with Crippen LogP contribution in [-0.2, 0) is 11.0 Å². The number of anilines is 4. The Kier molecular flexibility index (Phi) is 7.29. The summed E-state index contributed by atoms with van der Waals surface area (Å²) in [5, 5.41) is 11.1. The van der Waals surface area contributed by atoms with Crippen LogP contribution in [0, 0.1) is 0 Å². The Bertz CT molecular complexity index is 1720. The number of nitrogens with zero attached hydrogens (tertiary/aromatic N) is 3. The summed E-state index contributed by atoms with van der Waals surface area (Å²) in [6.45, 7) is 1.13. The van der Waals surface area contributed by atoms with Gasteiger partial charge in [-0.25, -0.2) is 13.9 Å². The number of hydrogen-bond donors (Lipinski definition) is 4. The number of fused-ring (bicyclic) bond motifs is 5. The number of pyridine rings is 1. The first-order valence-electron chi connectivity index (χ1n) is 12.7. The highest BCUT2D eigenvalue weighted by Gasteiger charge is 2.15. The number of ether oxygens (including phenoxy) is 1. The molecule has 11 heteroatoms. The van der Waals surface area contributed by atoms with Crippen LogP contribution >= 0.6 is 0 Å². The van der Waals surface area contributed by atoms with E-state index in [1.165, 1.54) is 0 Å². The van der Waals surface area contributed by atoms with E-state index in [4.69, 9.17) is 4.74 Å². The maximum absolute atomic E-state index is 13.1. The maximum atomic E-state index is 13.1. The Balaban J connectivity index is 1.22. The fraction of sp³-hybridized carbons (Fsp3) is 0.103. The summed E-state index contributed by atoms with van der Waals surface area (Å²) in [6.07, 6.45) is 3.92. The Morgan fingerprint density at radius 1 is 0.950 bits per heavy atom.